The molecule has 0 fully saturated rings. The Morgan fingerprint density at radius 1 is 1.08 bits per heavy atom. The van der Waals surface area contributed by atoms with Gasteiger partial charge >= 0.3 is 0 Å². The Morgan fingerprint density at radius 3 is 2.46 bits per heavy atom. The number of halogens is 1. The highest BCUT2D eigenvalue weighted by atomic mass is 35.5. The fourth-order valence-electron chi connectivity index (χ4n) is 2.89. The molecule has 2 atom stereocenters. The van der Waals surface area contributed by atoms with Crippen molar-refractivity contribution in [3.05, 3.63) is 80.7 Å². The molecule has 2 heterocycles. The molecule has 2 unspecified atom stereocenters. The van der Waals surface area contributed by atoms with Gasteiger partial charge in [0.2, 0.25) is 0 Å². The van der Waals surface area contributed by atoms with Gasteiger partial charge in [0.05, 0.1) is 6.54 Å². The molecule has 138 valence electrons. The van der Waals surface area contributed by atoms with Crippen molar-refractivity contribution >= 4 is 34.3 Å². The SMILES string of the molecule is CC([NH2+]CC/C(=C\c1ccsc1)c1ccsc1)C(O)c1ccccc1.[Cl-]. The Bertz CT molecular complexity index is 770. The highest BCUT2D eigenvalue weighted by Gasteiger charge is 2.18. The summed E-state index contributed by atoms with van der Waals surface area (Å²) in [5, 5.41) is 21.4. The molecular formula is C21H24ClNOS2. The van der Waals surface area contributed by atoms with E-state index in [0.29, 0.717) is 0 Å². The molecule has 0 saturated heterocycles. The smallest absolute Gasteiger partial charge is 0.130 e. The topological polar surface area (TPSA) is 36.8 Å². The number of aliphatic hydroxyl groups is 1. The second-order valence-electron chi connectivity index (χ2n) is 6.23. The molecule has 3 aromatic rings. The zero-order valence-electron chi connectivity index (χ0n) is 14.7. The monoisotopic (exact) mass is 405 g/mol. The quantitative estimate of drug-likeness (QED) is 0.584. The van der Waals surface area contributed by atoms with Gasteiger partial charge in [0, 0.05) is 6.42 Å². The summed E-state index contributed by atoms with van der Waals surface area (Å²) in [6.07, 6.45) is 2.83. The third-order valence-corrected chi connectivity index (χ3v) is 5.75. The van der Waals surface area contributed by atoms with Crippen LogP contribution in [-0.4, -0.2) is 17.7 Å². The third kappa shape index (κ3) is 5.79. The summed E-state index contributed by atoms with van der Waals surface area (Å²) in [4.78, 5) is 0. The first-order valence-corrected chi connectivity index (χ1v) is 10.4. The van der Waals surface area contributed by atoms with Crippen LogP contribution < -0.4 is 17.7 Å². The molecule has 0 spiro atoms. The van der Waals surface area contributed by atoms with Gasteiger partial charge in [0.15, 0.2) is 0 Å². The predicted octanol–water partition coefficient (Wildman–Crippen LogP) is 1.43. The summed E-state index contributed by atoms with van der Waals surface area (Å²) in [6.45, 7) is 3.04. The zero-order chi connectivity index (χ0) is 17.5. The minimum Gasteiger partial charge on any atom is -1.00 e. The van der Waals surface area contributed by atoms with E-state index in [1.807, 2.05) is 30.3 Å². The molecule has 0 radical (unpaired) electrons. The van der Waals surface area contributed by atoms with Gasteiger partial charge in [0.25, 0.3) is 0 Å². The Hall–Kier alpha value is -1.43. The molecule has 1 aromatic carbocycles. The Morgan fingerprint density at radius 2 is 1.81 bits per heavy atom. The van der Waals surface area contributed by atoms with Crippen molar-refractivity contribution in [2.75, 3.05) is 6.54 Å². The van der Waals surface area contributed by atoms with Crippen LogP contribution in [0.1, 0.15) is 36.1 Å². The van der Waals surface area contributed by atoms with Crippen LogP contribution in [0.3, 0.4) is 0 Å². The van der Waals surface area contributed by atoms with Crippen LogP contribution in [0.5, 0.6) is 0 Å². The molecule has 0 aliphatic carbocycles. The lowest BCUT2D eigenvalue weighted by Gasteiger charge is -2.18. The van der Waals surface area contributed by atoms with Gasteiger partial charge < -0.3 is 22.8 Å². The molecule has 0 bridgehead atoms. The van der Waals surface area contributed by atoms with E-state index >= 15 is 0 Å². The van der Waals surface area contributed by atoms with E-state index in [1.54, 1.807) is 22.7 Å². The first-order valence-electron chi connectivity index (χ1n) is 8.55. The van der Waals surface area contributed by atoms with Crippen molar-refractivity contribution < 1.29 is 22.8 Å². The van der Waals surface area contributed by atoms with E-state index in [0.717, 1.165) is 18.5 Å². The largest absolute Gasteiger partial charge is 1.00 e. The molecule has 0 amide bonds. The Labute approximate surface area is 169 Å². The van der Waals surface area contributed by atoms with Crippen LogP contribution in [0, 0.1) is 0 Å². The zero-order valence-corrected chi connectivity index (χ0v) is 17.1. The second-order valence-corrected chi connectivity index (χ2v) is 7.79. The summed E-state index contributed by atoms with van der Waals surface area (Å²) in [5.74, 6) is 0. The van der Waals surface area contributed by atoms with E-state index in [9.17, 15) is 5.11 Å². The molecule has 26 heavy (non-hydrogen) atoms. The van der Waals surface area contributed by atoms with Gasteiger partial charge in [-0.25, -0.2) is 0 Å². The fourth-order valence-corrected chi connectivity index (χ4v) is 4.19. The molecule has 0 saturated carbocycles. The summed E-state index contributed by atoms with van der Waals surface area (Å²) in [5.41, 5.74) is 4.92. The minimum absolute atomic E-state index is 0. The lowest BCUT2D eigenvalue weighted by atomic mass is 10.0. The molecule has 2 aromatic heterocycles. The van der Waals surface area contributed by atoms with E-state index in [4.69, 9.17) is 0 Å². The van der Waals surface area contributed by atoms with Gasteiger partial charge in [-0.3, -0.25) is 0 Å². The minimum atomic E-state index is -0.438. The van der Waals surface area contributed by atoms with E-state index in [2.05, 4.69) is 52.0 Å². The summed E-state index contributed by atoms with van der Waals surface area (Å²) >= 11 is 3.46. The average molecular weight is 406 g/mol. The second kappa shape index (κ2) is 10.7. The van der Waals surface area contributed by atoms with Crippen molar-refractivity contribution in [3.8, 4) is 0 Å². The maximum absolute atomic E-state index is 10.5. The molecule has 2 nitrogen and oxygen atoms in total. The molecule has 5 heteroatoms. The van der Waals surface area contributed by atoms with Crippen molar-refractivity contribution in [3.63, 3.8) is 0 Å². The molecule has 0 aliphatic heterocycles. The van der Waals surface area contributed by atoms with E-state index < -0.39 is 6.10 Å². The van der Waals surface area contributed by atoms with Crippen LogP contribution in [0.4, 0.5) is 0 Å². The highest BCUT2D eigenvalue weighted by Crippen LogP contribution is 2.24. The van der Waals surface area contributed by atoms with Crippen LogP contribution in [0.2, 0.25) is 0 Å². The van der Waals surface area contributed by atoms with Crippen molar-refractivity contribution in [2.24, 2.45) is 0 Å². The van der Waals surface area contributed by atoms with Gasteiger partial charge in [-0.15, -0.1) is 0 Å². The number of hydrogen-bond donors (Lipinski definition) is 2. The maximum Gasteiger partial charge on any atom is 0.130 e. The lowest BCUT2D eigenvalue weighted by molar-refractivity contribution is -0.693. The van der Waals surface area contributed by atoms with Crippen LogP contribution in [0.25, 0.3) is 11.6 Å². The number of hydrogen-bond acceptors (Lipinski definition) is 3. The van der Waals surface area contributed by atoms with Gasteiger partial charge in [0.1, 0.15) is 12.1 Å². The first kappa shape index (κ1) is 20.9. The van der Waals surface area contributed by atoms with Crippen molar-refractivity contribution in [1.29, 1.82) is 0 Å². The van der Waals surface area contributed by atoms with Crippen LogP contribution >= 0.6 is 22.7 Å². The third-order valence-electron chi connectivity index (χ3n) is 4.37. The number of benzene rings is 1. The fraction of sp³-hybridized carbons (Fsp3) is 0.238. The Kier molecular flexibility index (Phi) is 8.55. The first-order chi connectivity index (χ1) is 12.2. The highest BCUT2D eigenvalue weighted by molar-refractivity contribution is 7.08. The normalized spacial score (nSPS) is 13.8. The average Bonchev–Trinajstić information content (AvgIpc) is 3.34. The standard InChI is InChI=1S/C21H23NOS2.ClH/c1-16(21(23)18-5-3-2-4-6-18)22-10-7-19(20-9-12-25-15-20)13-17-8-11-24-14-17;/h2-6,8-9,11-16,21-23H,7,10H2,1H3;1H/b19-13+;. The molecule has 0 aliphatic rings. The van der Waals surface area contributed by atoms with Crippen molar-refractivity contribution in [1.82, 2.24) is 0 Å². The summed E-state index contributed by atoms with van der Waals surface area (Å²) in [6, 6.07) is 14.4. The number of quaternary nitrogens is 1. The maximum atomic E-state index is 10.5. The lowest BCUT2D eigenvalue weighted by Crippen LogP contribution is -3.00. The molecule has 3 N–H and O–H groups in total. The molecule has 3 rings (SSSR count). The van der Waals surface area contributed by atoms with Gasteiger partial charge in [-0.05, 0) is 62.8 Å². The molecular weight excluding hydrogens is 382 g/mol. The Balaban J connectivity index is 0.00000243. The van der Waals surface area contributed by atoms with E-state index in [1.165, 1.54) is 16.7 Å². The summed E-state index contributed by atoms with van der Waals surface area (Å²) in [7, 11) is 0. The van der Waals surface area contributed by atoms with Crippen molar-refractivity contribution in [2.45, 2.75) is 25.5 Å². The van der Waals surface area contributed by atoms with Crippen LogP contribution in [-0.2, 0) is 0 Å². The van der Waals surface area contributed by atoms with Gasteiger partial charge in [-0.1, -0.05) is 36.4 Å². The number of thiophene rings is 2. The summed E-state index contributed by atoms with van der Waals surface area (Å²) < 4.78 is 0. The van der Waals surface area contributed by atoms with Gasteiger partial charge in [-0.2, -0.15) is 22.7 Å². The number of nitrogens with two attached hydrogens (primary N) is 1. The number of rotatable bonds is 8. The predicted molar refractivity (Wildman–Crippen MR) is 109 cm³/mol. The number of aliphatic hydroxyl groups excluding tert-OH is 1. The van der Waals surface area contributed by atoms with Crippen LogP contribution in [0.15, 0.2) is 64.0 Å². The van der Waals surface area contributed by atoms with E-state index in [-0.39, 0.29) is 18.4 Å².